The summed E-state index contributed by atoms with van der Waals surface area (Å²) < 4.78 is 10.9. The van der Waals surface area contributed by atoms with Crippen LogP contribution < -0.4 is 0 Å². The second-order valence-electron chi connectivity index (χ2n) is 6.62. The summed E-state index contributed by atoms with van der Waals surface area (Å²) in [7, 11) is 0. The molecule has 0 aliphatic carbocycles. The zero-order valence-corrected chi connectivity index (χ0v) is 15.1. The predicted octanol–water partition coefficient (Wildman–Crippen LogP) is 2.57. The van der Waals surface area contributed by atoms with Crippen molar-refractivity contribution in [2.24, 2.45) is 0 Å². The Balaban J connectivity index is 2.02. The molecule has 142 valence electrons. The monoisotopic (exact) mass is 344 g/mol. The fourth-order valence-corrected chi connectivity index (χ4v) is 2.99. The smallest absolute Gasteiger partial charge is 0.114 e. The summed E-state index contributed by atoms with van der Waals surface area (Å²) in [5.74, 6) is 0. The number of aliphatic hydroxyl groups excluding tert-OH is 3. The van der Waals surface area contributed by atoms with E-state index in [1.807, 2.05) is 0 Å². The zero-order chi connectivity index (χ0) is 17.6. The molecule has 1 heterocycles. The van der Waals surface area contributed by atoms with Crippen molar-refractivity contribution in [1.82, 2.24) is 0 Å². The van der Waals surface area contributed by atoms with Crippen LogP contribution in [0.3, 0.4) is 0 Å². The van der Waals surface area contributed by atoms with E-state index in [0.29, 0.717) is 6.61 Å². The van der Waals surface area contributed by atoms with E-state index in [2.05, 4.69) is 19.1 Å². The first kappa shape index (κ1) is 21.6. The van der Waals surface area contributed by atoms with Crippen LogP contribution in [0.4, 0.5) is 0 Å². The number of hydrogen-bond acceptors (Lipinski definition) is 5. The quantitative estimate of drug-likeness (QED) is 0.333. The van der Waals surface area contributed by atoms with Gasteiger partial charge < -0.3 is 24.8 Å². The highest BCUT2D eigenvalue weighted by Crippen LogP contribution is 2.21. The van der Waals surface area contributed by atoms with Crippen molar-refractivity contribution in [3.05, 3.63) is 12.2 Å². The van der Waals surface area contributed by atoms with Crippen molar-refractivity contribution in [2.45, 2.75) is 89.1 Å². The summed E-state index contributed by atoms with van der Waals surface area (Å²) in [5.41, 5.74) is 0. The van der Waals surface area contributed by atoms with Crippen molar-refractivity contribution in [2.75, 3.05) is 19.8 Å². The number of allylic oxidation sites excluding steroid dienone is 1. The van der Waals surface area contributed by atoms with Crippen molar-refractivity contribution in [3.8, 4) is 0 Å². The third-order valence-corrected chi connectivity index (χ3v) is 4.46. The Morgan fingerprint density at radius 2 is 1.75 bits per heavy atom. The van der Waals surface area contributed by atoms with Crippen LogP contribution in [-0.2, 0) is 9.47 Å². The van der Waals surface area contributed by atoms with Crippen molar-refractivity contribution in [3.63, 3.8) is 0 Å². The zero-order valence-electron chi connectivity index (χ0n) is 15.1. The Labute approximate surface area is 146 Å². The fraction of sp³-hybridized carbons (Fsp3) is 0.895. The Kier molecular flexibility index (Phi) is 12.4. The summed E-state index contributed by atoms with van der Waals surface area (Å²) in [6.45, 7) is 2.47. The van der Waals surface area contributed by atoms with Gasteiger partial charge in [0, 0.05) is 0 Å². The number of rotatable bonds is 14. The lowest BCUT2D eigenvalue weighted by Crippen LogP contribution is -2.42. The van der Waals surface area contributed by atoms with Crippen molar-refractivity contribution >= 4 is 0 Å². The molecule has 1 rings (SSSR count). The molecule has 0 aromatic rings. The van der Waals surface area contributed by atoms with Gasteiger partial charge in [-0.15, -0.1) is 0 Å². The van der Waals surface area contributed by atoms with Crippen LogP contribution >= 0.6 is 0 Å². The molecule has 1 aliphatic heterocycles. The van der Waals surface area contributed by atoms with Gasteiger partial charge in [0.2, 0.25) is 0 Å². The molecule has 0 bridgehead atoms. The maximum Gasteiger partial charge on any atom is 0.114 e. The third kappa shape index (κ3) is 8.58. The van der Waals surface area contributed by atoms with Gasteiger partial charge in [0.1, 0.15) is 24.4 Å². The highest BCUT2D eigenvalue weighted by Gasteiger charge is 2.40. The van der Waals surface area contributed by atoms with Crippen LogP contribution in [0.5, 0.6) is 0 Å². The standard InChI is InChI=1S/C19H36O5/c1-2-3-4-5-6-7-8-9-10-11-12-13-23-19-17(22)15-24-18(19)16(21)14-20/h10-11,16-22H,2-9,12-15H2,1H3/b11-10+/t16-,17+,18-,19-/m1/s1. The molecule has 0 spiro atoms. The highest BCUT2D eigenvalue weighted by atomic mass is 16.6. The van der Waals surface area contributed by atoms with Crippen LogP contribution in [0.25, 0.3) is 0 Å². The third-order valence-electron chi connectivity index (χ3n) is 4.46. The Morgan fingerprint density at radius 1 is 1.08 bits per heavy atom. The second-order valence-corrected chi connectivity index (χ2v) is 6.62. The summed E-state index contributed by atoms with van der Waals surface area (Å²) >= 11 is 0. The van der Waals surface area contributed by atoms with E-state index >= 15 is 0 Å². The molecular formula is C19H36O5. The van der Waals surface area contributed by atoms with E-state index in [1.54, 1.807) is 0 Å². The van der Waals surface area contributed by atoms with E-state index in [9.17, 15) is 10.2 Å². The highest BCUT2D eigenvalue weighted by molar-refractivity contribution is 4.89. The van der Waals surface area contributed by atoms with Gasteiger partial charge in [0.25, 0.3) is 0 Å². The fourth-order valence-electron chi connectivity index (χ4n) is 2.99. The minimum Gasteiger partial charge on any atom is -0.394 e. The molecule has 0 radical (unpaired) electrons. The summed E-state index contributed by atoms with van der Waals surface area (Å²) in [5, 5.41) is 28.5. The largest absolute Gasteiger partial charge is 0.394 e. The number of unbranched alkanes of at least 4 members (excludes halogenated alkanes) is 7. The molecule has 1 saturated heterocycles. The van der Waals surface area contributed by atoms with Gasteiger partial charge >= 0.3 is 0 Å². The summed E-state index contributed by atoms with van der Waals surface area (Å²) in [6, 6.07) is 0. The maximum atomic E-state index is 9.82. The van der Waals surface area contributed by atoms with E-state index in [-0.39, 0.29) is 6.61 Å². The number of hydrogen-bond donors (Lipinski definition) is 3. The van der Waals surface area contributed by atoms with Crippen LogP contribution in [0.15, 0.2) is 12.2 Å². The van der Waals surface area contributed by atoms with Crippen LogP contribution in [0.2, 0.25) is 0 Å². The van der Waals surface area contributed by atoms with Gasteiger partial charge in [0.15, 0.2) is 0 Å². The first-order valence-electron chi connectivity index (χ1n) is 9.55. The topological polar surface area (TPSA) is 79.2 Å². The maximum absolute atomic E-state index is 9.82. The number of ether oxygens (including phenoxy) is 2. The molecular weight excluding hydrogens is 308 g/mol. The molecule has 0 aromatic heterocycles. The minimum atomic E-state index is -1.01. The average Bonchev–Trinajstić information content (AvgIpc) is 2.96. The Bertz CT molecular complexity index is 321. The first-order chi connectivity index (χ1) is 11.7. The number of aliphatic hydroxyl groups is 3. The molecule has 0 unspecified atom stereocenters. The molecule has 1 fully saturated rings. The van der Waals surface area contributed by atoms with E-state index in [0.717, 1.165) is 12.8 Å². The van der Waals surface area contributed by atoms with Crippen LogP contribution in [-0.4, -0.2) is 59.6 Å². The molecule has 24 heavy (non-hydrogen) atoms. The molecule has 3 N–H and O–H groups in total. The van der Waals surface area contributed by atoms with Gasteiger partial charge in [-0.05, 0) is 19.3 Å². The van der Waals surface area contributed by atoms with Crippen LogP contribution in [0.1, 0.15) is 64.7 Å². The Hall–Kier alpha value is -0.460. The lowest BCUT2D eigenvalue weighted by molar-refractivity contribution is -0.0924. The van der Waals surface area contributed by atoms with E-state index in [4.69, 9.17) is 14.6 Å². The molecule has 0 aromatic carbocycles. The minimum absolute atomic E-state index is 0.139. The molecule has 5 heteroatoms. The Morgan fingerprint density at radius 3 is 2.46 bits per heavy atom. The van der Waals surface area contributed by atoms with E-state index in [1.165, 1.54) is 44.9 Å². The van der Waals surface area contributed by atoms with Crippen molar-refractivity contribution in [1.29, 1.82) is 0 Å². The van der Waals surface area contributed by atoms with Gasteiger partial charge in [0.05, 0.1) is 19.8 Å². The predicted molar refractivity (Wildman–Crippen MR) is 94.9 cm³/mol. The average molecular weight is 344 g/mol. The summed E-state index contributed by atoms with van der Waals surface area (Å²) in [6.07, 6.45) is 12.5. The first-order valence-corrected chi connectivity index (χ1v) is 9.55. The van der Waals surface area contributed by atoms with Gasteiger partial charge in [-0.2, -0.15) is 0 Å². The van der Waals surface area contributed by atoms with Gasteiger partial charge in [-0.3, -0.25) is 0 Å². The lowest BCUT2D eigenvalue weighted by atomic mass is 10.1. The van der Waals surface area contributed by atoms with Crippen molar-refractivity contribution < 1.29 is 24.8 Å². The molecule has 1 aliphatic rings. The van der Waals surface area contributed by atoms with Crippen LogP contribution in [0, 0.1) is 0 Å². The van der Waals surface area contributed by atoms with Gasteiger partial charge in [-0.1, -0.05) is 57.6 Å². The van der Waals surface area contributed by atoms with E-state index < -0.39 is 31.0 Å². The summed E-state index contributed by atoms with van der Waals surface area (Å²) in [4.78, 5) is 0. The molecule has 0 amide bonds. The molecule has 4 atom stereocenters. The second kappa shape index (κ2) is 13.8. The molecule has 0 saturated carbocycles. The lowest BCUT2D eigenvalue weighted by Gasteiger charge is -2.23. The molecule has 5 nitrogen and oxygen atoms in total. The SMILES string of the molecule is CCCCCCCCC/C=C/CCO[C@H]1[C@@H]([C@H](O)CO)OC[C@@H]1O. The van der Waals surface area contributed by atoms with Gasteiger partial charge in [-0.25, -0.2) is 0 Å². The normalized spacial score (nSPS) is 25.6.